The highest BCUT2D eigenvalue weighted by Gasteiger charge is 2.39. The molecule has 0 aromatic carbocycles. The Hall–Kier alpha value is -0.200. The Bertz CT molecular complexity index is 121. The van der Waals surface area contributed by atoms with Crippen molar-refractivity contribution in [1.29, 1.82) is 0 Å². The van der Waals surface area contributed by atoms with E-state index in [0.29, 0.717) is 0 Å². The van der Waals surface area contributed by atoms with Crippen molar-refractivity contribution in [1.82, 2.24) is 5.32 Å². The van der Waals surface area contributed by atoms with Crippen LogP contribution in [0.1, 0.15) is 0 Å². The van der Waals surface area contributed by atoms with Gasteiger partial charge in [0.25, 0.3) is 0 Å². The molecule has 1 aliphatic rings. The van der Waals surface area contributed by atoms with E-state index in [1.165, 1.54) is 0 Å². The van der Waals surface area contributed by atoms with E-state index >= 15 is 0 Å². The average molecular weight is 148 g/mol. The minimum atomic E-state index is -1.00. The molecule has 0 bridgehead atoms. The number of nitrogens with two attached hydrogens (primary N) is 1. The molecule has 0 aromatic heterocycles. The molecular weight excluding hydrogens is 136 g/mol. The van der Waals surface area contributed by atoms with Gasteiger partial charge in [0.05, 0.1) is 6.04 Å². The van der Waals surface area contributed by atoms with Gasteiger partial charge in [0.2, 0.25) is 0 Å². The number of hydrogen-bond acceptors (Lipinski definition) is 5. The summed E-state index contributed by atoms with van der Waals surface area (Å²) in [5.74, 6) is 0. The molecule has 4 unspecified atom stereocenters. The Morgan fingerprint density at radius 1 is 1.50 bits per heavy atom. The van der Waals surface area contributed by atoms with Gasteiger partial charge < -0.3 is 26.0 Å². The van der Waals surface area contributed by atoms with Crippen LogP contribution in [0.15, 0.2) is 0 Å². The first-order valence-corrected chi connectivity index (χ1v) is 3.11. The Kier molecular flexibility index (Phi) is 2.22. The van der Waals surface area contributed by atoms with Crippen molar-refractivity contribution < 1.29 is 14.9 Å². The maximum absolute atomic E-state index is 9.16. The standard InChI is InChI=1S/C5H12N2O3/c1-7-2-3(8)4(6)10-5(2)9/h2-5,7-9H,6H2,1H3. The first kappa shape index (κ1) is 7.90. The lowest BCUT2D eigenvalue weighted by Gasteiger charge is -2.14. The zero-order valence-corrected chi connectivity index (χ0v) is 5.69. The van der Waals surface area contributed by atoms with Crippen LogP contribution in [-0.4, -0.2) is 41.9 Å². The highest BCUT2D eigenvalue weighted by atomic mass is 16.6. The Morgan fingerprint density at radius 2 is 2.10 bits per heavy atom. The van der Waals surface area contributed by atoms with Gasteiger partial charge in [-0.15, -0.1) is 0 Å². The van der Waals surface area contributed by atoms with Crippen LogP contribution in [0.25, 0.3) is 0 Å². The summed E-state index contributed by atoms with van der Waals surface area (Å²) < 4.78 is 4.70. The molecule has 10 heavy (non-hydrogen) atoms. The molecule has 0 aromatic rings. The number of aliphatic hydroxyl groups excluding tert-OH is 2. The summed E-state index contributed by atoms with van der Waals surface area (Å²) in [6, 6.07) is -0.477. The molecule has 5 N–H and O–H groups in total. The van der Waals surface area contributed by atoms with Gasteiger partial charge in [0.15, 0.2) is 6.29 Å². The first-order valence-electron chi connectivity index (χ1n) is 3.11. The predicted octanol–water partition coefficient (Wildman–Crippen LogP) is -2.43. The van der Waals surface area contributed by atoms with Gasteiger partial charge in [-0.1, -0.05) is 0 Å². The first-order chi connectivity index (χ1) is 4.66. The fraction of sp³-hybridized carbons (Fsp3) is 1.00. The minimum absolute atomic E-state index is 0.477. The van der Waals surface area contributed by atoms with Crippen LogP contribution in [0.2, 0.25) is 0 Å². The molecule has 0 saturated carbocycles. The Labute approximate surface area is 58.8 Å². The maximum Gasteiger partial charge on any atom is 0.174 e. The molecule has 1 rings (SSSR count). The van der Waals surface area contributed by atoms with E-state index in [-0.39, 0.29) is 0 Å². The molecule has 1 saturated heterocycles. The summed E-state index contributed by atoms with van der Waals surface area (Å²) in [5, 5.41) is 20.8. The third-order valence-electron chi connectivity index (χ3n) is 1.64. The molecular formula is C5H12N2O3. The fourth-order valence-electron chi connectivity index (χ4n) is 1.01. The van der Waals surface area contributed by atoms with E-state index < -0.39 is 24.7 Å². The van der Waals surface area contributed by atoms with Crippen LogP contribution < -0.4 is 11.1 Å². The molecule has 1 aliphatic heterocycles. The summed E-state index contributed by atoms with van der Waals surface area (Å²) in [7, 11) is 1.62. The Balaban J connectivity index is 2.55. The van der Waals surface area contributed by atoms with Gasteiger partial charge in [-0.25, -0.2) is 0 Å². The Morgan fingerprint density at radius 3 is 2.30 bits per heavy atom. The molecule has 1 fully saturated rings. The molecule has 0 radical (unpaired) electrons. The lowest BCUT2D eigenvalue weighted by atomic mass is 10.2. The van der Waals surface area contributed by atoms with Gasteiger partial charge in [-0.05, 0) is 7.05 Å². The zero-order valence-electron chi connectivity index (χ0n) is 5.69. The van der Waals surface area contributed by atoms with Gasteiger partial charge in [-0.3, -0.25) is 0 Å². The van der Waals surface area contributed by atoms with Crippen LogP contribution in [0, 0.1) is 0 Å². The van der Waals surface area contributed by atoms with Crippen LogP contribution >= 0.6 is 0 Å². The SMILES string of the molecule is CNC1C(O)OC(N)C1O. The number of nitrogens with one attached hydrogen (secondary N) is 1. The monoisotopic (exact) mass is 148 g/mol. The highest BCUT2D eigenvalue weighted by Crippen LogP contribution is 2.14. The van der Waals surface area contributed by atoms with Gasteiger partial charge >= 0.3 is 0 Å². The van der Waals surface area contributed by atoms with E-state index in [9.17, 15) is 0 Å². The summed E-state index contributed by atoms with van der Waals surface area (Å²) in [4.78, 5) is 0. The zero-order chi connectivity index (χ0) is 7.72. The summed E-state index contributed by atoms with van der Waals surface area (Å²) >= 11 is 0. The van der Waals surface area contributed by atoms with Crippen molar-refractivity contribution in [3.05, 3.63) is 0 Å². The smallest absolute Gasteiger partial charge is 0.174 e. The second kappa shape index (κ2) is 2.81. The van der Waals surface area contributed by atoms with E-state index in [1.807, 2.05) is 0 Å². The third-order valence-corrected chi connectivity index (χ3v) is 1.64. The second-order valence-corrected chi connectivity index (χ2v) is 2.30. The average Bonchev–Trinajstić information content (AvgIpc) is 2.09. The van der Waals surface area contributed by atoms with Crippen LogP contribution in [0.5, 0.6) is 0 Å². The van der Waals surface area contributed by atoms with Crippen LogP contribution in [0.4, 0.5) is 0 Å². The van der Waals surface area contributed by atoms with Gasteiger partial charge in [0.1, 0.15) is 12.3 Å². The summed E-state index contributed by atoms with van der Waals surface area (Å²) in [5.41, 5.74) is 5.26. The van der Waals surface area contributed by atoms with E-state index in [2.05, 4.69) is 5.32 Å². The number of ether oxygens (including phenoxy) is 1. The van der Waals surface area contributed by atoms with Crippen molar-refractivity contribution in [3.8, 4) is 0 Å². The lowest BCUT2D eigenvalue weighted by molar-refractivity contribution is -0.0990. The van der Waals surface area contributed by atoms with Crippen molar-refractivity contribution in [2.24, 2.45) is 5.73 Å². The molecule has 4 atom stereocenters. The molecule has 0 spiro atoms. The lowest BCUT2D eigenvalue weighted by Crippen LogP contribution is -2.44. The highest BCUT2D eigenvalue weighted by molar-refractivity contribution is 4.87. The number of rotatable bonds is 1. The van der Waals surface area contributed by atoms with E-state index in [4.69, 9.17) is 20.7 Å². The minimum Gasteiger partial charge on any atom is -0.387 e. The normalized spacial score (nSPS) is 48.0. The van der Waals surface area contributed by atoms with Crippen LogP contribution in [0.3, 0.4) is 0 Å². The maximum atomic E-state index is 9.16. The summed E-state index contributed by atoms with van der Waals surface area (Å²) in [6.07, 6.45) is -2.62. The van der Waals surface area contributed by atoms with Crippen molar-refractivity contribution in [2.45, 2.75) is 24.7 Å². The van der Waals surface area contributed by atoms with E-state index in [1.54, 1.807) is 7.05 Å². The van der Waals surface area contributed by atoms with Gasteiger partial charge in [-0.2, -0.15) is 0 Å². The molecule has 5 nitrogen and oxygen atoms in total. The van der Waals surface area contributed by atoms with Crippen molar-refractivity contribution in [2.75, 3.05) is 7.05 Å². The topological polar surface area (TPSA) is 87.7 Å². The molecule has 5 heteroatoms. The number of likely N-dealkylation sites (N-methyl/N-ethyl adjacent to an activating group) is 1. The molecule has 60 valence electrons. The van der Waals surface area contributed by atoms with E-state index in [0.717, 1.165) is 0 Å². The number of hydrogen-bond donors (Lipinski definition) is 4. The number of aliphatic hydroxyl groups is 2. The predicted molar refractivity (Wildman–Crippen MR) is 33.9 cm³/mol. The summed E-state index contributed by atoms with van der Waals surface area (Å²) in [6.45, 7) is 0. The third kappa shape index (κ3) is 1.14. The van der Waals surface area contributed by atoms with Crippen molar-refractivity contribution in [3.63, 3.8) is 0 Å². The van der Waals surface area contributed by atoms with Crippen molar-refractivity contribution >= 4 is 0 Å². The van der Waals surface area contributed by atoms with Gasteiger partial charge in [0, 0.05) is 0 Å². The quantitative estimate of drug-likeness (QED) is 0.332. The van der Waals surface area contributed by atoms with Crippen LogP contribution in [-0.2, 0) is 4.74 Å². The molecule has 0 aliphatic carbocycles. The fourth-order valence-corrected chi connectivity index (χ4v) is 1.01. The molecule has 0 amide bonds. The largest absolute Gasteiger partial charge is 0.387 e. The molecule has 1 heterocycles. The second-order valence-electron chi connectivity index (χ2n) is 2.30.